The van der Waals surface area contributed by atoms with Crippen LogP contribution < -0.4 is 0 Å². The molecule has 0 aromatic carbocycles. The van der Waals surface area contributed by atoms with E-state index in [1.807, 2.05) is 29.5 Å². The second-order valence-electron chi connectivity index (χ2n) is 2.85. The molecule has 2 nitrogen and oxygen atoms in total. The number of carbonyl (C=O) groups is 1. The summed E-state index contributed by atoms with van der Waals surface area (Å²) in [4.78, 5) is 14.2. The van der Waals surface area contributed by atoms with Crippen LogP contribution in [0.5, 0.6) is 0 Å². The molecule has 0 saturated heterocycles. The van der Waals surface area contributed by atoms with Gasteiger partial charge in [0.1, 0.15) is 0 Å². The van der Waals surface area contributed by atoms with E-state index < -0.39 is 0 Å². The Kier molecular flexibility index (Phi) is 4.42. The number of thiophene rings is 1. The molecule has 1 rings (SSSR count). The van der Waals surface area contributed by atoms with Crippen molar-refractivity contribution in [2.45, 2.75) is 6.42 Å². The van der Waals surface area contributed by atoms with Crippen LogP contribution in [0.3, 0.4) is 0 Å². The Morgan fingerprint density at radius 3 is 3.00 bits per heavy atom. The van der Waals surface area contributed by atoms with E-state index in [-0.39, 0.29) is 5.78 Å². The molecule has 1 aromatic rings. The van der Waals surface area contributed by atoms with Crippen LogP contribution in [0.25, 0.3) is 0 Å². The van der Waals surface area contributed by atoms with Gasteiger partial charge in [0.05, 0.1) is 10.9 Å². The summed E-state index contributed by atoms with van der Waals surface area (Å²) < 4.78 is 0. The number of hydrogen-bond acceptors (Lipinski definition) is 3. The Labute approximate surface area is 87.1 Å². The summed E-state index contributed by atoms with van der Waals surface area (Å²) in [6.07, 6.45) is 0.545. The van der Waals surface area contributed by atoms with E-state index in [9.17, 15) is 4.79 Å². The zero-order valence-electron chi connectivity index (χ0n) is 7.50. The molecule has 0 fully saturated rings. The second kappa shape index (κ2) is 5.37. The Balaban J connectivity index is 2.35. The fraction of sp³-hybridized carbons (Fsp3) is 0.444. The third kappa shape index (κ3) is 3.46. The molecule has 0 aliphatic carbocycles. The average Bonchev–Trinajstić information content (AvgIpc) is 2.66. The molecule has 0 saturated carbocycles. The largest absolute Gasteiger partial charge is 0.293 e. The molecule has 0 radical (unpaired) electrons. The number of ketones is 1. The number of hydrogen-bond donors (Lipinski definition) is 0. The van der Waals surface area contributed by atoms with Gasteiger partial charge in [0.25, 0.3) is 0 Å². The maximum absolute atomic E-state index is 11.5. The van der Waals surface area contributed by atoms with Crippen LogP contribution in [0.4, 0.5) is 0 Å². The van der Waals surface area contributed by atoms with E-state index >= 15 is 0 Å². The summed E-state index contributed by atoms with van der Waals surface area (Å²) in [6.45, 7) is 0.722. The minimum Gasteiger partial charge on any atom is -0.293 e. The molecule has 0 spiro atoms. The van der Waals surface area contributed by atoms with Gasteiger partial charge in [-0.3, -0.25) is 9.69 Å². The molecular formula is C9H12ClNOS. The first-order valence-electron chi connectivity index (χ1n) is 4.05. The lowest BCUT2D eigenvalue weighted by Crippen LogP contribution is -2.19. The van der Waals surface area contributed by atoms with E-state index in [0.717, 1.165) is 11.4 Å². The highest BCUT2D eigenvalue weighted by Gasteiger charge is 2.07. The van der Waals surface area contributed by atoms with E-state index in [0.29, 0.717) is 12.4 Å². The molecule has 0 aliphatic heterocycles. The lowest BCUT2D eigenvalue weighted by molar-refractivity contribution is 0.0975. The van der Waals surface area contributed by atoms with Crippen LogP contribution in [0, 0.1) is 0 Å². The average molecular weight is 218 g/mol. The first-order valence-corrected chi connectivity index (χ1v) is 5.46. The monoisotopic (exact) mass is 217 g/mol. The smallest absolute Gasteiger partial charge is 0.174 e. The number of halogens is 1. The van der Waals surface area contributed by atoms with Crippen LogP contribution in [-0.4, -0.2) is 30.3 Å². The quantitative estimate of drug-likeness (QED) is 0.429. The molecule has 4 heteroatoms. The van der Waals surface area contributed by atoms with Gasteiger partial charge in [-0.25, -0.2) is 0 Å². The van der Waals surface area contributed by atoms with E-state index in [1.54, 1.807) is 0 Å². The molecule has 13 heavy (non-hydrogen) atoms. The lowest BCUT2D eigenvalue weighted by atomic mass is 10.2. The van der Waals surface area contributed by atoms with Crippen molar-refractivity contribution in [3.8, 4) is 0 Å². The maximum Gasteiger partial charge on any atom is 0.174 e. The van der Waals surface area contributed by atoms with Crippen molar-refractivity contribution < 1.29 is 4.79 Å². The van der Waals surface area contributed by atoms with Crippen LogP contribution in [0.1, 0.15) is 16.1 Å². The summed E-state index contributed by atoms with van der Waals surface area (Å²) >= 11 is 7.07. The van der Waals surface area contributed by atoms with Gasteiger partial charge < -0.3 is 0 Å². The van der Waals surface area contributed by atoms with Gasteiger partial charge in [-0.05, 0) is 18.5 Å². The zero-order valence-corrected chi connectivity index (χ0v) is 9.07. The molecule has 0 amide bonds. The number of nitrogens with zero attached hydrogens (tertiary/aromatic N) is 1. The molecule has 0 atom stereocenters. The van der Waals surface area contributed by atoms with Gasteiger partial charge in [0.2, 0.25) is 0 Å². The minimum atomic E-state index is 0.201. The Hall–Kier alpha value is -0.380. The summed E-state index contributed by atoms with van der Waals surface area (Å²) in [6, 6.07) is 4.22. The second-order valence-corrected chi connectivity index (χ2v) is 4.04. The fourth-order valence-electron chi connectivity index (χ4n) is 0.913. The third-order valence-corrected chi connectivity index (χ3v) is 3.04. The minimum absolute atomic E-state index is 0.201. The zero-order chi connectivity index (χ0) is 9.68. The van der Waals surface area contributed by atoms with E-state index in [4.69, 9.17) is 11.6 Å². The topological polar surface area (TPSA) is 20.3 Å². The van der Waals surface area contributed by atoms with Crippen molar-refractivity contribution in [1.82, 2.24) is 4.90 Å². The van der Waals surface area contributed by atoms with Gasteiger partial charge >= 0.3 is 0 Å². The molecule has 0 bridgehead atoms. The number of Topliss-reactive ketones (excluding diaryl/α,β-unsaturated/α-hetero) is 1. The predicted octanol–water partition coefficient (Wildman–Crippen LogP) is 2.45. The summed E-state index contributed by atoms with van der Waals surface area (Å²) in [7, 11) is 1.90. The molecule has 0 N–H and O–H groups in total. The molecule has 1 heterocycles. The van der Waals surface area contributed by atoms with Gasteiger partial charge in [-0.15, -0.1) is 22.9 Å². The fourth-order valence-corrected chi connectivity index (χ4v) is 1.73. The predicted molar refractivity (Wildman–Crippen MR) is 56.6 cm³/mol. The third-order valence-electron chi connectivity index (χ3n) is 1.72. The van der Waals surface area contributed by atoms with Crippen molar-refractivity contribution in [2.24, 2.45) is 0 Å². The Morgan fingerprint density at radius 2 is 2.46 bits per heavy atom. The van der Waals surface area contributed by atoms with Crippen molar-refractivity contribution in [3.63, 3.8) is 0 Å². The van der Waals surface area contributed by atoms with Crippen LogP contribution in [0.15, 0.2) is 17.5 Å². The van der Waals surface area contributed by atoms with E-state index in [1.165, 1.54) is 11.3 Å². The Morgan fingerprint density at radius 1 is 1.69 bits per heavy atom. The molecule has 72 valence electrons. The molecule has 0 aliphatic rings. The van der Waals surface area contributed by atoms with Gasteiger partial charge in [-0.2, -0.15) is 0 Å². The van der Waals surface area contributed by atoms with Gasteiger partial charge in [0, 0.05) is 13.0 Å². The Bertz CT molecular complexity index is 261. The van der Waals surface area contributed by atoms with Crippen molar-refractivity contribution >= 4 is 28.7 Å². The van der Waals surface area contributed by atoms with Gasteiger partial charge in [0.15, 0.2) is 5.78 Å². The highest BCUT2D eigenvalue weighted by Crippen LogP contribution is 2.11. The van der Waals surface area contributed by atoms with Crippen molar-refractivity contribution in [2.75, 3.05) is 19.6 Å². The highest BCUT2D eigenvalue weighted by molar-refractivity contribution is 7.12. The number of carbonyl (C=O) groups excluding carboxylic acids is 1. The standard InChI is InChI=1S/C9H12ClNOS/c1-11(7-10)5-4-8(12)9-3-2-6-13-9/h2-3,6H,4-5,7H2,1H3. The summed E-state index contributed by atoms with van der Waals surface area (Å²) in [5.41, 5.74) is 0. The first kappa shape index (κ1) is 10.7. The molecule has 0 unspecified atom stereocenters. The summed E-state index contributed by atoms with van der Waals surface area (Å²) in [5.74, 6) is 0.201. The van der Waals surface area contributed by atoms with Crippen LogP contribution in [-0.2, 0) is 0 Å². The van der Waals surface area contributed by atoms with Crippen molar-refractivity contribution in [3.05, 3.63) is 22.4 Å². The number of alkyl halides is 1. The number of rotatable bonds is 5. The van der Waals surface area contributed by atoms with Crippen LogP contribution in [0.2, 0.25) is 0 Å². The normalized spacial score (nSPS) is 10.7. The summed E-state index contributed by atoms with van der Waals surface area (Å²) in [5, 5.41) is 1.92. The first-order chi connectivity index (χ1) is 6.24. The van der Waals surface area contributed by atoms with E-state index in [2.05, 4.69) is 0 Å². The lowest BCUT2D eigenvalue weighted by Gasteiger charge is -2.10. The molecule has 1 aromatic heterocycles. The maximum atomic E-state index is 11.5. The van der Waals surface area contributed by atoms with Gasteiger partial charge in [-0.1, -0.05) is 6.07 Å². The van der Waals surface area contributed by atoms with Crippen molar-refractivity contribution in [1.29, 1.82) is 0 Å². The SMILES string of the molecule is CN(CCl)CCC(=O)c1cccs1. The highest BCUT2D eigenvalue weighted by atomic mass is 35.5. The molecular weight excluding hydrogens is 206 g/mol. The van der Waals surface area contributed by atoms with Crippen LogP contribution >= 0.6 is 22.9 Å².